The van der Waals surface area contributed by atoms with Gasteiger partial charge in [-0.3, -0.25) is 0 Å². The van der Waals surface area contributed by atoms with Crippen molar-refractivity contribution in [3.63, 3.8) is 0 Å². The first-order chi connectivity index (χ1) is 9.96. The molecule has 0 unspecified atom stereocenters. The molecule has 0 bridgehead atoms. The standard InChI is InChI=1S/C18H25ClN2/c1-4-18(2,3)14-6-8-15(9-7-14)21-17-10-5-13(12-20)11-16(17)19/h5,10-11,14-15,21H,4,6-9H2,1-3H3. The molecule has 1 aliphatic rings. The quantitative estimate of drug-likeness (QED) is 0.783. The molecule has 21 heavy (non-hydrogen) atoms. The van der Waals surface area contributed by atoms with E-state index in [1.807, 2.05) is 12.1 Å². The first-order valence-corrected chi connectivity index (χ1v) is 8.30. The number of anilines is 1. The van der Waals surface area contributed by atoms with Crippen LogP contribution in [0.4, 0.5) is 5.69 Å². The van der Waals surface area contributed by atoms with Crippen molar-refractivity contribution >= 4 is 17.3 Å². The third-order valence-electron chi connectivity index (χ3n) is 5.20. The summed E-state index contributed by atoms with van der Waals surface area (Å²) in [7, 11) is 0. The third-order valence-corrected chi connectivity index (χ3v) is 5.51. The van der Waals surface area contributed by atoms with Gasteiger partial charge in [0.15, 0.2) is 0 Å². The van der Waals surface area contributed by atoms with Crippen LogP contribution in [0.2, 0.25) is 5.02 Å². The van der Waals surface area contributed by atoms with Gasteiger partial charge in [-0.05, 0) is 55.2 Å². The molecule has 1 aliphatic carbocycles. The summed E-state index contributed by atoms with van der Waals surface area (Å²) in [5.41, 5.74) is 2.02. The molecule has 1 fully saturated rings. The summed E-state index contributed by atoms with van der Waals surface area (Å²) in [6.07, 6.45) is 6.21. The van der Waals surface area contributed by atoms with E-state index < -0.39 is 0 Å². The van der Waals surface area contributed by atoms with Gasteiger partial charge in [0.1, 0.15) is 0 Å². The normalized spacial score (nSPS) is 22.6. The van der Waals surface area contributed by atoms with Crippen LogP contribution in [-0.2, 0) is 0 Å². The molecular formula is C18H25ClN2. The molecule has 0 aliphatic heterocycles. The Morgan fingerprint density at radius 2 is 1.95 bits per heavy atom. The molecule has 1 saturated carbocycles. The summed E-state index contributed by atoms with van der Waals surface area (Å²) in [5.74, 6) is 0.831. The topological polar surface area (TPSA) is 35.8 Å². The van der Waals surface area contributed by atoms with E-state index in [1.165, 1.54) is 32.1 Å². The number of benzene rings is 1. The van der Waals surface area contributed by atoms with Crippen LogP contribution in [0.25, 0.3) is 0 Å². The Kier molecular flexibility index (Phi) is 5.17. The lowest BCUT2D eigenvalue weighted by Crippen LogP contribution is -2.32. The highest BCUT2D eigenvalue weighted by molar-refractivity contribution is 6.33. The summed E-state index contributed by atoms with van der Waals surface area (Å²) in [6.45, 7) is 7.08. The van der Waals surface area contributed by atoms with E-state index in [0.717, 1.165) is 11.6 Å². The molecule has 0 spiro atoms. The molecule has 0 aromatic heterocycles. The number of nitriles is 1. The van der Waals surface area contributed by atoms with E-state index in [-0.39, 0.29) is 0 Å². The van der Waals surface area contributed by atoms with Gasteiger partial charge in [-0.2, -0.15) is 5.26 Å². The minimum absolute atomic E-state index is 0.455. The highest BCUT2D eigenvalue weighted by Crippen LogP contribution is 2.41. The van der Waals surface area contributed by atoms with E-state index in [4.69, 9.17) is 16.9 Å². The number of nitrogens with zero attached hydrogens (tertiary/aromatic N) is 1. The molecule has 1 aromatic rings. The number of rotatable bonds is 4. The minimum Gasteiger partial charge on any atom is -0.381 e. The second kappa shape index (κ2) is 6.71. The van der Waals surface area contributed by atoms with Gasteiger partial charge in [0, 0.05) is 6.04 Å². The largest absolute Gasteiger partial charge is 0.381 e. The monoisotopic (exact) mass is 304 g/mol. The van der Waals surface area contributed by atoms with Gasteiger partial charge in [-0.25, -0.2) is 0 Å². The number of halogens is 1. The molecule has 114 valence electrons. The second-order valence-electron chi connectivity index (χ2n) is 6.84. The molecule has 0 saturated heterocycles. The van der Waals surface area contributed by atoms with Crippen molar-refractivity contribution in [2.75, 3.05) is 5.32 Å². The van der Waals surface area contributed by atoms with Crippen LogP contribution >= 0.6 is 11.6 Å². The van der Waals surface area contributed by atoms with Gasteiger partial charge >= 0.3 is 0 Å². The predicted molar refractivity (Wildman–Crippen MR) is 89.6 cm³/mol. The number of hydrogen-bond donors (Lipinski definition) is 1. The second-order valence-corrected chi connectivity index (χ2v) is 7.25. The van der Waals surface area contributed by atoms with E-state index in [1.54, 1.807) is 6.07 Å². The third kappa shape index (κ3) is 3.92. The van der Waals surface area contributed by atoms with Crippen LogP contribution in [-0.4, -0.2) is 6.04 Å². The molecule has 3 heteroatoms. The van der Waals surface area contributed by atoms with Crippen LogP contribution in [0, 0.1) is 22.7 Å². The Labute approximate surface area is 133 Å². The minimum atomic E-state index is 0.455. The van der Waals surface area contributed by atoms with Crippen LogP contribution < -0.4 is 5.32 Å². The Bertz CT molecular complexity index is 523. The summed E-state index contributed by atoms with van der Waals surface area (Å²) >= 11 is 6.24. The van der Waals surface area contributed by atoms with Gasteiger partial charge in [-0.15, -0.1) is 0 Å². The maximum absolute atomic E-state index is 8.87. The lowest BCUT2D eigenvalue weighted by molar-refractivity contribution is 0.147. The van der Waals surface area contributed by atoms with Crippen molar-refractivity contribution in [2.24, 2.45) is 11.3 Å². The average molecular weight is 305 g/mol. The van der Waals surface area contributed by atoms with Gasteiger partial charge < -0.3 is 5.32 Å². The van der Waals surface area contributed by atoms with Crippen molar-refractivity contribution in [2.45, 2.75) is 58.9 Å². The summed E-state index contributed by atoms with van der Waals surface area (Å²) in [4.78, 5) is 0. The van der Waals surface area contributed by atoms with Crippen LogP contribution in [0.5, 0.6) is 0 Å². The summed E-state index contributed by atoms with van der Waals surface area (Å²) < 4.78 is 0. The fourth-order valence-electron chi connectivity index (χ4n) is 3.23. The van der Waals surface area contributed by atoms with Crippen molar-refractivity contribution in [3.05, 3.63) is 28.8 Å². The van der Waals surface area contributed by atoms with Gasteiger partial charge in [0.25, 0.3) is 0 Å². The lowest BCUT2D eigenvalue weighted by atomic mass is 9.69. The van der Waals surface area contributed by atoms with Crippen LogP contribution in [0.3, 0.4) is 0 Å². The lowest BCUT2D eigenvalue weighted by Gasteiger charge is -2.39. The van der Waals surface area contributed by atoms with Crippen LogP contribution in [0.1, 0.15) is 58.4 Å². The van der Waals surface area contributed by atoms with Crippen molar-refractivity contribution < 1.29 is 0 Å². The molecule has 1 aromatic carbocycles. The Morgan fingerprint density at radius 3 is 2.48 bits per heavy atom. The molecule has 0 heterocycles. The Balaban J connectivity index is 1.94. The van der Waals surface area contributed by atoms with Crippen molar-refractivity contribution in [1.29, 1.82) is 5.26 Å². The van der Waals surface area contributed by atoms with Gasteiger partial charge in [0.05, 0.1) is 22.3 Å². The maximum Gasteiger partial charge on any atom is 0.0992 e. The first-order valence-electron chi connectivity index (χ1n) is 7.92. The first kappa shape index (κ1) is 16.2. The van der Waals surface area contributed by atoms with E-state index in [0.29, 0.717) is 22.0 Å². The molecular weight excluding hydrogens is 280 g/mol. The Hall–Kier alpha value is -1.20. The summed E-state index contributed by atoms with van der Waals surface area (Å²) in [6, 6.07) is 8.09. The highest BCUT2D eigenvalue weighted by atomic mass is 35.5. The zero-order chi connectivity index (χ0) is 15.5. The van der Waals surface area contributed by atoms with Crippen LogP contribution in [0.15, 0.2) is 18.2 Å². The fourth-order valence-corrected chi connectivity index (χ4v) is 3.46. The van der Waals surface area contributed by atoms with Gasteiger partial charge in [0.2, 0.25) is 0 Å². The molecule has 0 atom stereocenters. The van der Waals surface area contributed by atoms with E-state index in [2.05, 4.69) is 32.2 Å². The zero-order valence-electron chi connectivity index (χ0n) is 13.2. The number of nitrogens with one attached hydrogen (secondary N) is 1. The zero-order valence-corrected chi connectivity index (χ0v) is 14.0. The van der Waals surface area contributed by atoms with Gasteiger partial charge in [-0.1, -0.05) is 38.8 Å². The summed E-state index contributed by atoms with van der Waals surface area (Å²) in [5, 5.41) is 13.1. The molecule has 2 nitrogen and oxygen atoms in total. The number of hydrogen-bond acceptors (Lipinski definition) is 2. The predicted octanol–water partition coefficient (Wildman–Crippen LogP) is 5.62. The SMILES string of the molecule is CCC(C)(C)C1CCC(Nc2ccc(C#N)cc2Cl)CC1. The van der Waals surface area contributed by atoms with E-state index >= 15 is 0 Å². The highest BCUT2D eigenvalue weighted by Gasteiger charge is 2.31. The van der Waals surface area contributed by atoms with Crippen molar-refractivity contribution in [1.82, 2.24) is 0 Å². The molecule has 0 amide bonds. The average Bonchev–Trinajstić information content (AvgIpc) is 2.50. The Morgan fingerprint density at radius 1 is 1.29 bits per heavy atom. The van der Waals surface area contributed by atoms with E-state index in [9.17, 15) is 0 Å². The smallest absolute Gasteiger partial charge is 0.0992 e. The molecule has 0 radical (unpaired) electrons. The van der Waals surface area contributed by atoms with Crippen molar-refractivity contribution in [3.8, 4) is 6.07 Å². The molecule has 2 rings (SSSR count). The fraction of sp³-hybridized carbons (Fsp3) is 0.611. The molecule has 1 N–H and O–H groups in total. The maximum atomic E-state index is 8.87.